The first-order valence-electron chi connectivity index (χ1n) is 8.32. The summed E-state index contributed by atoms with van der Waals surface area (Å²) in [6, 6.07) is 16.6. The molecular weight excluding hydrogens is 364 g/mol. The molecule has 0 atom stereocenters. The fourth-order valence-electron chi connectivity index (χ4n) is 2.44. The lowest BCUT2D eigenvalue weighted by molar-refractivity contribution is 0.0949. The molecule has 2 aromatic carbocycles. The van der Waals surface area contributed by atoms with E-state index >= 15 is 0 Å². The van der Waals surface area contributed by atoms with E-state index in [4.69, 9.17) is 16.3 Å². The second-order valence-electron chi connectivity index (χ2n) is 5.89. The van der Waals surface area contributed by atoms with E-state index in [1.807, 2.05) is 55.5 Å². The van der Waals surface area contributed by atoms with Gasteiger partial charge in [-0.15, -0.1) is 0 Å². The van der Waals surface area contributed by atoms with Gasteiger partial charge in [0.15, 0.2) is 5.69 Å². The molecule has 1 aromatic heterocycles. The molecule has 1 N–H and O–H groups in total. The van der Waals surface area contributed by atoms with Gasteiger partial charge in [0.05, 0.1) is 19.4 Å². The van der Waals surface area contributed by atoms with E-state index in [0.29, 0.717) is 23.0 Å². The summed E-state index contributed by atoms with van der Waals surface area (Å²) in [5.74, 6) is 0.402. The first-order valence-corrected chi connectivity index (χ1v) is 8.70. The van der Waals surface area contributed by atoms with Crippen LogP contribution in [-0.2, 0) is 6.54 Å². The molecular formula is C20H19ClN4O2. The summed E-state index contributed by atoms with van der Waals surface area (Å²) < 4.78 is 6.82. The molecule has 6 nitrogen and oxygen atoms in total. The van der Waals surface area contributed by atoms with Crippen molar-refractivity contribution in [1.29, 1.82) is 0 Å². The molecule has 0 aliphatic carbocycles. The Balaban J connectivity index is 1.62. The van der Waals surface area contributed by atoms with Crippen LogP contribution in [0.2, 0.25) is 5.02 Å². The molecule has 1 amide bonds. The average molecular weight is 383 g/mol. The monoisotopic (exact) mass is 382 g/mol. The minimum Gasteiger partial charge on any atom is -0.497 e. The lowest BCUT2D eigenvalue weighted by atomic mass is 10.1. The number of nitrogens with zero attached hydrogens (tertiary/aromatic N) is 3. The third-order valence-corrected chi connectivity index (χ3v) is 4.22. The molecule has 0 unspecified atom stereocenters. The molecule has 0 saturated carbocycles. The smallest absolute Gasteiger partial charge is 0.291 e. The molecule has 0 radical (unpaired) electrons. The van der Waals surface area contributed by atoms with Crippen LogP contribution in [0.1, 0.15) is 28.5 Å². The number of aromatic nitrogens is 2. The number of carbonyl (C=O) groups is 1. The van der Waals surface area contributed by atoms with Crippen LogP contribution < -0.4 is 10.2 Å². The maximum Gasteiger partial charge on any atom is 0.291 e. The van der Waals surface area contributed by atoms with Crippen molar-refractivity contribution in [3.8, 4) is 5.75 Å². The number of hydrogen-bond acceptors (Lipinski definition) is 4. The number of methoxy groups -OCH3 is 1. The number of hydrazone groups is 1. The number of carbonyl (C=O) groups excluding carboxylic acids is 1. The fraction of sp³-hybridized carbons (Fsp3) is 0.150. The summed E-state index contributed by atoms with van der Waals surface area (Å²) in [6.45, 7) is 2.37. The van der Waals surface area contributed by atoms with Gasteiger partial charge in [-0.2, -0.15) is 10.2 Å². The van der Waals surface area contributed by atoms with Crippen LogP contribution in [-0.4, -0.2) is 28.5 Å². The summed E-state index contributed by atoms with van der Waals surface area (Å²) in [7, 11) is 1.61. The van der Waals surface area contributed by atoms with Gasteiger partial charge in [-0.1, -0.05) is 23.7 Å². The van der Waals surface area contributed by atoms with E-state index in [0.717, 1.165) is 16.9 Å². The Hall–Kier alpha value is -3.12. The second-order valence-corrected chi connectivity index (χ2v) is 6.33. The van der Waals surface area contributed by atoms with Crippen molar-refractivity contribution < 1.29 is 9.53 Å². The Bertz CT molecular complexity index is 947. The minimum absolute atomic E-state index is 0.301. The lowest BCUT2D eigenvalue weighted by Gasteiger charge is -2.04. The molecule has 0 saturated heterocycles. The highest BCUT2D eigenvalue weighted by Crippen LogP contribution is 2.12. The van der Waals surface area contributed by atoms with Crippen LogP contribution in [0.25, 0.3) is 0 Å². The number of rotatable bonds is 6. The number of amides is 1. The predicted octanol–water partition coefficient (Wildman–Crippen LogP) is 3.75. The zero-order chi connectivity index (χ0) is 19.2. The van der Waals surface area contributed by atoms with E-state index in [1.165, 1.54) is 0 Å². The molecule has 0 fully saturated rings. The summed E-state index contributed by atoms with van der Waals surface area (Å²) in [5, 5.41) is 9.11. The van der Waals surface area contributed by atoms with E-state index in [2.05, 4.69) is 15.6 Å². The topological polar surface area (TPSA) is 68.5 Å². The highest BCUT2D eigenvalue weighted by Gasteiger charge is 2.09. The number of halogens is 1. The third kappa shape index (κ3) is 4.95. The van der Waals surface area contributed by atoms with Gasteiger partial charge < -0.3 is 4.74 Å². The van der Waals surface area contributed by atoms with Crippen molar-refractivity contribution in [2.45, 2.75) is 13.5 Å². The lowest BCUT2D eigenvalue weighted by Crippen LogP contribution is -2.20. The van der Waals surface area contributed by atoms with Crippen molar-refractivity contribution in [2.24, 2.45) is 5.10 Å². The predicted molar refractivity (Wildman–Crippen MR) is 105 cm³/mol. The van der Waals surface area contributed by atoms with Crippen LogP contribution in [0.4, 0.5) is 0 Å². The molecule has 27 heavy (non-hydrogen) atoms. The van der Waals surface area contributed by atoms with Crippen molar-refractivity contribution in [1.82, 2.24) is 15.2 Å². The molecule has 0 bridgehead atoms. The first kappa shape index (κ1) is 18.7. The average Bonchev–Trinajstić information content (AvgIpc) is 3.16. The van der Waals surface area contributed by atoms with Crippen molar-refractivity contribution in [2.75, 3.05) is 7.11 Å². The van der Waals surface area contributed by atoms with Crippen molar-refractivity contribution in [3.63, 3.8) is 0 Å². The van der Waals surface area contributed by atoms with Crippen LogP contribution in [0.3, 0.4) is 0 Å². The molecule has 138 valence electrons. The third-order valence-electron chi connectivity index (χ3n) is 3.96. The van der Waals surface area contributed by atoms with Crippen molar-refractivity contribution >= 4 is 23.2 Å². The van der Waals surface area contributed by atoms with Gasteiger partial charge >= 0.3 is 0 Å². The maximum absolute atomic E-state index is 12.3. The Kier molecular flexibility index (Phi) is 5.88. The zero-order valence-corrected chi connectivity index (χ0v) is 15.8. The Labute approximate surface area is 162 Å². The molecule has 0 spiro atoms. The van der Waals surface area contributed by atoms with Gasteiger partial charge in [0.25, 0.3) is 5.91 Å². The minimum atomic E-state index is -0.363. The van der Waals surface area contributed by atoms with Gasteiger partial charge in [0.1, 0.15) is 5.75 Å². The van der Waals surface area contributed by atoms with Gasteiger partial charge in [-0.25, -0.2) is 5.43 Å². The number of ether oxygens (including phenoxy) is 1. The summed E-state index contributed by atoms with van der Waals surface area (Å²) in [4.78, 5) is 12.3. The number of nitrogens with one attached hydrogen (secondary N) is 1. The highest BCUT2D eigenvalue weighted by molar-refractivity contribution is 6.30. The van der Waals surface area contributed by atoms with Crippen LogP contribution in [0.15, 0.2) is 65.9 Å². The fourth-order valence-corrected chi connectivity index (χ4v) is 2.56. The van der Waals surface area contributed by atoms with Crippen LogP contribution in [0, 0.1) is 0 Å². The number of hydrogen-bond donors (Lipinski definition) is 1. The van der Waals surface area contributed by atoms with Gasteiger partial charge in [-0.3, -0.25) is 9.48 Å². The van der Waals surface area contributed by atoms with E-state index in [1.54, 1.807) is 24.1 Å². The largest absolute Gasteiger partial charge is 0.497 e. The summed E-state index contributed by atoms with van der Waals surface area (Å²) in [6.07, 6.45) is 1.75. The second kappa shape index (κ2) is 8.51. The van der Waals surface area contributed by atoms with Crippen molar-refractivity contribution in [3.05, 3.63) is 82.6 Å². The molecule has 0 aliphatic rings. The normalized spacial score (nSPS) is 11.3. The van der Waals surface area contributed by atoms with Gasteiger partial charge in [0, 0.05) is 11.2 Å². The Morgan fingerprint density at radius 3 is 2.52 bits per heavy atom. The van der Waals surface area contributed by atoms with Gasteiger partial charge in [0.2, 0.25) is 0 Å². The van der Waals surface area contributed by atoms with Crippen LogP contribution in [0.5, 0.6) is 5.75 Å². The highest BCUT2D eigenvalue weighted by atomic mass is 35.5. The SMILES string of the molecule is COc1ccc(/C(C)=N\NC(=O)c2ccn(Cc3ccc(Cl)cc3)n2)cc1. The molecule has 0 aliphatic heterocycles. The standard InChI is InChI=1S/C20H19ClN4O2/c1-14(16-5-9-18(27-2)10-6-16)22-23-20(26)19-11-12-25(24-19)13-15-3-7-17(21)8-4-15/h3-12H,13H2,1-2H3,(H,23,26)/b22-14-. The molecule has 3 rings (SSSR count). The molecule has 7 heteroatoms. The first-order chi connectivity index (χ1) is 13.0. The summed E-state index contributed by atoms with van der Waals surface area (Å²) >= 11 is 5.89. The quantitative estimate of drug-likeness (QED) is 0.521. The van der Waals surface area contributed by atoms with Crippen LogP contribution >= 0.6 is 11.6 Å². The maximum atomic E-state index is 12.3. The van der Waals surface area contributed by atoms with E-state index in [-0.39, 0.29) is 5.91 Å². The molecule has 3 aromatic rings. The van der Waals surface area contributed by atoms with Gasteiger partial charge in [-0.05, 0) is 60.5 Å². The Morgan fingerprint density at radius 2 is 1.85 bits per heavy atom. The van der Waals surface area contributed by atoms with E-state index < -0.39 is 0 Å². The molecule has 1 heterocycles. The Morgan fingerprint density at radius 1 is 1.15 bits per heavy atom. The van der Waals surface area contributed by atoms with E-state index in [9.17, 15) is 4.79 Å². The number of benzene rings is 2. The summed E-state index contributed by atoms with van der Waals surface area (Å²) in [5.41, 5.74) is 5.46. The zero-order valence-electron chi connectivity index (χ0n) is 15.0.